The molecule has 2 N–H and O–H groups in total. The first kappa shape index (κ1) is 21.7. The van der Waals surface area contributed by atoms with Gasteiger partial charge in [-0.1, -0.05) is 48.9 Å². The fraction of sp³-hybridized carbons (Fsp3) is 0.222. The van der Waals surface area contributed by atoms with Crippen LogP contribution in [0.3, 0.4) is 0 Å². The minimum atomic E-state index is -0.305. The number of nitrogens with one attached hydrogen (secondary N) is 2. The fourth-order valence-electron chi connectivity index (χ4n) is 4.28. The molecule has 172 valence electrons. The third-order valence-electron chi connectivity index (χ3n) is 6.02. The lowest BCUT2D eigenvalue weighted by molar-refractivity contribution is 0.0944. The molecule has 2 aromatic heterocycles. The van der Waals surface area contributed by atoms with E-state index in [1.165, 1.54) is 6.26 Å². The Morgan fingerprint density at radius 2 is 1.74 bits per heavy atom. The molecule has 2 aromatic carbocycles. The highest BCUT2D eigenvalue weighted by atomic mass is 16.3. The van der Waals surface area contributed by atoms with Crippen molar-refractivity contribution >= 4 is 17.5 Å². The van der Waals surface area contributed by atoms with Gasteiger partial charge in [-0.3, -0.25) is 9.59 Å². The standard InChI is InChI=1S/C27H26N4O3/c32-26(23-11-7-17-34-23)29-21-14-12-19(13-15-21)18-28-27(33)24-22-10-5-2-6-16-31(22)25(30-24)20-8-3-1-4-9-20/h1,3-4,7-9,11-15,17H,2,5-6,10,16,18H2,(H,28,33)(H,29,32). The topological polar surface area (TPSA) is 89.2 Å². The molecule has 1 aliphatic heterocycles. The van der Waals surface area contributed by atoms with Crippen LogP contribution in [0.25, 0.3) is 11.4 Å². The van der Waals surface area contributed by atoms with Gasteiger partial charge in [0.05, 0.1) is 12.0 Å². The second-order valence-corrected chi connectivity index (χ2v) is 8.37. The molecule has 0 saturated heterocycles. The molecule has 0 radical (unpaired) electrons. The van der Waals surface area contributed by atoms with Crippen LogP contribution in [0, 0.1) is 0 Å². The largest absolute Gasteiger partial charge is 0.459 e. The number of carbonyl (C=O) groups excluding carboxylic acids is 2. The van der Waals surface area contributed by atoms with Gasteiger partial charge in [-0.05, 0) is 49.1 Å². The highest BCUT2D eigenvalue weighted by molar-refractivity contribution is 6.02. The predicted molar refractivity (Wildman–Crippen MR) is 129 cm³/mol. The molecule has 7 heteroatoms. The van der Waals surface area contributed by atoms with Gasteiger partial charge in [0.1, 0.15) is 11.5 Å². The van der Waals surface area contributed by atoms with Crippen molar-refractivity contribution in [3.05, 3.63) is 95.7 Å². The van der Waals surface area contributed by atoms with E-state index in [2.05, 4.69) is 15.2 Å². The number of hydrogen-bond donors (Lipinski definition) is 2. The number of furan rings is 1. The van der Waals surface area contributed by atoms with Gasteiger partial charge in [-0.2, -0.15) is 0 Å². The number of carbonyl (C=O) groups is 2. The van der Waals surface area contributed by atoms with Gasteiger partial charge in [-0.15, -0.1) is 0 Å². The molecule has 4 aromatic rings. The van der Waals surface area contributed by atoms with E-state index >= 15 is 0 Å². The van der Waals surface area contributed by atoms with Gasteiger partial charge in [0, 0.05) is 24.3 Å². The van der Waals surface area contributed by atoms with Crippen molar-refractivity contribution in [1.82, 2.24) is 14.9 Å². The summed E-state index contributed by atoms with van der Waals surface area (Å²) in [5.74, 6) is 0.647. The Hall–Kier alpha value is -4.13. The van der Waals surface area contributed by atoms with E-state index in [0.29, 0.717) is 17.9 Å². The summed E-state index contributed by atoms with van der Waals surface area (Å²) in [5.41, 5.74) is 4.14. The predicted octanol–water partition coefficient (Wildman–Crippen LogP) is 5.05. The molecule has 0 saturated carbocycles. The second-order valence-electron chi connectivity index (χ2n) is 8.37. The fourth-order valence-corrected chi connectivity index (χ4v) is 4.28. The maximum Gasteiger partial charge on any atom is 0.291 e. The van der Waals surface area contributed by atoms with E-state index in [1.807, 2.05) is 42.5 Å². The van der Waals surface area contributed by atoms with Gasteiger partial charge in [0.25, 0.3) is 11.8 Å². The van der Waals surface area contributed by atoms with Crippen LogP contribution >= 0.6 is 0 Å². The van der Waals surface area contributed by atoms with Gasteiger partial charge < -0.3 is 19.6 Å². The number of hydrogen-bond acceptors (Lipinski definition) is 4. The van der Waals surface area contributed by atoms with Crippen LogP contribution in [0.5, 0.6) is 0 Å². The van der Waals surface area contributed by atoms with Crippen molar-refractivity contribution in [3.63, 3.8) is 0 Å². The van der Waals surface area contributed by atoms with E-state index in [1.54, 1.807) is 24.3 Å². The Morgan fingerprint density at radius 1 is 0.912 bits per heavy atom. The van der Waals surface area contributed by atoms with Gasteiger partial charge in [0.15, 0.2) is 5.76 Å². The summed E-state index contributed by atoms with van der Waals surface area (Å²) < 4.78 is 7.32. The van der Waals surface area contributed by atoms with Crippen LogP contribution in [0.2, 0.25) is 0 Å². The molecular weight excluding hydrogens is 428 g/mol. The molecule has 34 heavy (non-hydrogen) atoms. The van der Waals surface area contributed by atoms with E-state index < -0.39 is 0 Å². The quantitative estimate of drug-likeness (QED) is 0.427. The van der Waals surface area contributed by atoms with Crippen LogP contribution in [-0.2, 0) is 19.5 Å². The number of imidazole rings is 1. The van der Waals surface area contributed by atoms with Gasteiger partial charge in [0.2, 0.25) is 0 Å². The monoisotopic (exact) mass is 454 g/mol. The molecule has 7 nitrogen and oxygen atoms in total. The van der Waals surface area contributed by atoms with E-state index in [0.717, 1.165) is 54.9 Å². The molecule has 0 atom stereocenters. The molecule has 0 fully saturated rings. The van der Waals surface area contributed by atoms with Crippen LogP contribution in [0.1, 0.15) is 51.6 Å². The van der Waals surface area contributed by atoms with E-state index in [4.69, 9.17) is 9.40 Å². The number of fused-ring (bicyclic) bond motifs is 1. The Kier molecular flexibility index (Phi) is 6.25. The Morgan fingerprint density at radius 3 is 2.50 bits per heavy atom. The van der Waals surface area contributed by atoms with Crippen LogP contribution < -0.4 is 10.6 Å². The molecule has 0 unspecified atom stereocenters. The SMILES string of the molecule is O=C(Nc1ccc(CNC(=O)c2nc(-c3ccccc3)n3c2CCCCC3)cc1)c1ccco1. The summed E-state index contributed by atoms with van der Waals surface area (Å²) in [6.45, 7) is 1.25. The first-order chi connectivity index (χ1) is 16.7. The number of rotatable bonds is 6. The lowest BCUT2D eigenvalue weighted by atomic mass is 10.1. The maximum absolute atomic E-state index is 13.1. The van der Waals surface area contributed by atoms with E-state index in [-0.39, 0.29) is 17.6 Å². The zero-order valence-electron chi connectivity index (χ0n) is 18.8. The minimum absolute atomic E-state index is 0.164. The van der Waals surface area contributed by atoms with Crippen LogP contribution in [0.15, 0.2) is 77.4 Å². The highest BCUT2D eigenvalue weighted by Gasteiger charge is 2.24. The number of aromatic nitrogens is 2. The van der Waals surface area contributed by atoms with Crippen LogP contribution in [0.4, 0.5) is 5.69 Å². The second kappa shape index (κ2) is 9.79. The lowest BCUT2D eigenvalue weighted by Gasteiger charge is -2.09. The third-order valence-corrected chi connectivity index (χ3v) is 6.02. The average molecular weight is 455 g/mol. The van der Waals surface area contributed by atoms with Crippen molar-refractivity contribution in [1.29, 1.82) is 0 Å². The summed E-state index contributed by atoms with van der Waals surface area (Å²) in [4.78, 5) is 30.0. The first-order valence-electron chi connectivity index (χ1n) is 11.6. The summed E-state index contributed by atoms with van der Waals surface area (Å²) in [5, 5.41) is 5.80. The first-order valence-corrected chi connectivity index (χ1v) is 11.6. The average Bonchev–Trinajstić information content (AvgIpc) is 3.47. The number of nitrogens with zero attached hydrogens (tertiary/aromatic N) is 2. The zero-order valence-corrected chi connectivity index (χ0v) is 18.8. The molecule has 3 heterocycles. The maximum atomic E-state index is 13.1. The minimum Gasteiger partial charge on any atom is -0.459 e. The number of amides is 2. The zero-order chi connectivity index (χ0) is 23.3. The highest BCUT2D eigenvalue weighted by Crippen LogP contribution is 2.27. The normalized spacial score (nSPS) is 13.1. The smallest absolute Gasteiger partial charge is 0.291 e. The summed E-state index contributed by atoms with van der Waals surface area (Å²) in [7, 11) is 0. The molecule has 0 bridgehead atoms. The molecule has 0 aliphatic carbocycles. The number of anilines is 1. The van der Waals surface area contributed by atoms with Crippen molar-refractivity contribution < 1.29 is 14.0 Å². The Bertz CT molecular complexity index is 1280. The van der Waals surface area contributed by atoms with Crippen molar-refractivity contribution in [2.24, 2.45) is 0 Å². The van der Waals surface area contributed by atoms with Crippen molar-refractivity contribution in [2.45, 2.75) is 38.8 Å². The molecule has 5 rings (SSSR count). The van der Waals surface area contributed by atoms with Crippen LogP contribution in [-0.4, -0.2) is 21.4 Å². The third kappa shape index (κ3) is 4.64. The molecule has 1 aliphatic rings. The molecule has 2 amide bonds. The summed E-state index contributed by atoms with van der Waals surface area (Å²) in [6.07, 6.45) is 5.62. The summed E-state index contributed by atoms with van der Waals surface area (Å²) in [6, 6.07) is 20.7. The van der Waals surface area contributed by atoms with Gasteiger partial charge >= 0.3 is 0 Å². The lowest BCUT2D eigenvalue weighted by Crippen LogP contribution is -2.24. The number of benzene rings is 2. The van der Waals surface area contributed by atoms with E-state index in [9.17, 15) is 9.59 Å². The molecule has 0 spiro atoms. The van der Waals surface area contributed by atoms with Gasteiger partial charge in [-0.25, -0.2) is 4.98 Å². The van der Waals surface area contributed by atoms with Crippen molar-refractivity contribution in [3.8, 4) is 11.4 Å². The molecular formula is C27H26N4O3. The Labute approximate surface area is 197 Å². The summed E-state index contributed by atoms with van der Waals surface area (Å²) >= 11 is 0. The Balaban J connectivity index is 1.28. The van der Waals surface area contributed by atoms with Crippen molar-refractivity contribution in [2.75, 3.05) is 5.32 Å².